The zero-order valence-electron chi connectivity index (χ0n) is 25.2. The monoisotopic (exact) mass is 593 g/mol. The molecule has 0 atom stereocenters. The lowest BCUT2D eigenvalue weighted by Gasteiger charge is -2.22. The quantitative estimate of drug-likeness (QED) is 0.165. The summed E-state index contributed by atoms with van der Waals surface area (Å²) in [4.78, 5) is 23.2. The van der Waals surface area contributed by atoms with Crippen LogP contribution in [0.2, 0.25) is 0 Å². The van der Waals surface area contributed by atoms with Crippen molar-refractivity contribution in [1.29, 1.82) is 0 Å². The SMILES string of the molecule is Cc1ccccc1-c1nc(Nc2ccc(OCC3CCNCC3)cc2)c2cc(NC(=O)c3ccc4ccccc4c3)ccc2n1. The number of rotatable bonds is 8. The van der Waals surface area contributed by atoms with Crippen LogP contribution in [0.4, 0.5) is 17.2 Å². The standard InChI is InChI=1S/C38H35N5O2/c1-25-6-2-5-9-33(25)36-42-35-17-14-31(41-38(44)29-11-10-27-7-3-4-8-28(27)22-29)23-34(35)37(43-36)40-30-12-15-32(16-13-30)45-24-26-18-20-39-21-19-26/h2-17,22-23,26,39H,18-21,24H2,1H3,(H,41,44)(H,40,42,43). The molecule has 0 unspecified atom stereocenters. The van der Waals surface area contributed by atoms with Crippen LogP contribution in [0.15, 0.2) is 109 Å². The van der Waals surface area contributed by atoms with Gasteiger partial charge in [-0.15, -0.1) is 0 Å². The van der Waals surface area contributed by atoms with Gasteiger partial charge in [-0.25, -0.2) is 9.97 Å². The zero-order chi connectivity index (χ0) is 30.6. The molecule has 0 saturated carbocycles. The smallest absolute Gasteiger partial charge is 0.255 e. The van der Waals surface area contributed by atoms with E-state index in [-0.39, 0.29) is 5.91 Å². The normalized spacial score (nSPS) is 13.5. The third-order valence-corrected chi connectivity index (χ3v) is 8.41. The maximum Gasteiger partial charge on any atom is 0.255 e. The lowest BCUT2D eigenvalue weighted by atomic mass is 9.99. The summed E-state index contributed by atoms with van der Waals surface area (Å²) in [5.74, 6) is 2.56. The predicted octanol–water partition coefficient (Wildman–Crippen LogP) is 8.13. The highest BCUT2D eigenvalue weighted by Gasteiger charge is 2.15. The maximum absolute atomic E-state index is 13.3. The highest BCUT2D eigenvalue weighted by molar-refractivity contribution is 6.07. The Morgan fingerprint density at radius 1 is 0.822 bits per heavy atom. The van der Waals surface area contributed by atoms with Crippen molar-refractivity contribution in [3.05, 3.63) is 120 Å². The summed E-state index contributed by atoms with van der Waals surface area (Å²) < 4.78 is 6.10. The Hall–Kier alpha value is -5.27. The maximum atomic E-state index is 13.3. The molecule has 0 bridgehead atoms. The largest absolute Gasteiger partial charge is 0.493 e. The first-order valence-corrected chi connectivity index (χ1v) is 15.5. The van der Waals surface area contributed by atoms with Crippen molar-refractivity contribution in [2.75, 3.05) is 30.3 Å². The van der Waals surface area contributed by atoms with Crippen LogP contribution in [0.25, 0.3) is 33.1 Å². The van der Waals surface area contributed by atoms with Crippen molar-refractivity contribution in [2.24, 2.45) is 5.92 Å². The van der Waals surface area contributed by atoms with Crippen molar-refractivity contribution in [1.82, 2.24) is 15.3 Å². The van der Waals surface area contributed by atoms with Gasteiger partial charge in [0, 0.05) is 27.9 Å². The molecule has 1 amide bonds. The summed E-state index contributed by atoms with van der Waals surface area (Å²) in [6, 6.07) is 35.6. The van der Waals surface area contributed by atoms with Gasteiger partial charge in [0.2, 0.25) is 0 Å². The lowest BCUT2D eigenvalue weighted by molar-refractivity contribution is 0.102. The Morgan fingerprint density at radius 3 is 2.40 bits per heavy atom. The number of nitrogens with zero attached hydrogens (tertiary/aromatic N) is 2. The molecule has 3 N–H and O–H groups in total. The minimum Gasteiger partial charge on any atom is -0.493 e. The number of carbonyl (C=O) groups is 1. The molecule has 2 heterocycles. The number of amides is 1. The fourth-order valence-electron chi connectivity index (χ4n) is 5.81. The molecule has 5 aromatic carbocycles. The van der Waals surface area contributed by atoms with E-state index in [1.807, 2.05) is 103 Å². The van der Waals surface area contributed by atoms with E-state index < -0.39 is 0 Å². The van der Waals surface area contributed by atoms with Crippen LogP contribution < -0.4 is 20.7 Å². The Morgan fingerprint density at radius 2 is 1.58 bits per heavy atom. The molecule has 7 nitrogen and oxygen atoms in total. The van der Waals surface area contributed by atoms with Crippen LogP contribution in [-0.2, 0) is 0 Å². The van der Waals surface area contributed by atoms with Gasteiger partial charge in [0.1, 0.15) is 11.6 Å². The summed E-state index contributed by atoms with van der Waals surface area (Å²) >= 11 is 0. The Bertz CT molecular complexity index is 1980. The molecule has 45 heavy (non-hydrogen) atoms. The number of piperidine rings is 1. The van der Waals surface area contributed by atoms with Gasteiger partial charge >= 0.3 is 0 Å². The second kappa shape index (κ2) is 12.8. The summed E-state index contributed by atoms with van der Waals surface area (Å²) in [6.45, 7) is 4.91. The molecular formula is C38H35N5O2. The van der Waals surface area contributed by atoms with Crippen molar-refractivity contribution in [2.45, 2.75) is 19.8 Å². The molecule has 1 fully saturated rings. The average molecular weight is 594 g/mol. The number of benzene rings is 5. The molecule has 1 aliphatic rings. The number of hydrogen-bond donors (Lipinski definition) is 3. The first-order chi connectivity index (χ1) is 22.1. The number of fused-ring (bicyclic) bond motifs is 2. The van der Waals surface area contributed by atoms with Gasteiger partial charge in [-0.3, -0.25) is 4.79 Å². The summed E-state index contributed by atoms with van der Waals surface area (Å²) in [5.41, 5.74) is 4.98. The van der Waals surface area contributed by atoms with Gasteiger partial charge in [-0.1, -0.05) is 54.6 Å². The van der Waals surface area contributed by atoms with E-state index >= 15 is 0 Å². The van der Waals surface area contributed by atoms with Gasteiger partial charge in [0.15, 0.2) is 5.82 Å². The first-order valence-electron chi connectivity index (χ1n) is 15.5. The molecular weight excluding hydrogens is 558 g/mol. The predicted molar refractivity (Wildman–Crippen MR) is 182 cm³/mol. The second-order valence-electron chi connectivity index (χ2n) is 11.6. The molecule has 0 aliphatic carbocycles. The van der Waals surface area contributed by atoms with Crippen LogP contribution in [0, 0.1) is 12.8 Å². The highest BCUT2D eigenvalue weighted by atomic mass is 16.5. The summed E-state index contributed by atoms with van der Waals surface area (Å²) in [6.07, 6.45) is 2.29. The Kier molecular flexibility index (Phi) is 8.08. The van der Waals surface area contributed by atoms with Crippen LogP contribution in [-0.4, -0.2) is 35.6 Å². The third kappa shape index (κ3) is 6.49. The first kappa shape index (κ1) is 28.5. The van der Waals surface area contributed by atoms with Crippen molar-refractivity contribution in [3.63, 3.8) is 0 Å². The zero-order valence-corrected chi connectivity index (χ0v) is 25.2. The molecule has 0 radical (unpaired) electrons. The number of anilines is 3. The molecule has 6 aromatic rings. The number of ether oxygens (including phenoxy) is 1. The van der Waals surface area contributed by atoms with Crippen LogP contribution in [0.1, 0.15) is 28.8 Å². The Labute approximate surface area is 262 Å². The minimum atomic E-state index is -0.174. The topological polar surface area (TPSA) is 88.2 Å². The lowest BCUT2D eigenvalue weighted by Crippen LogP contribution is -2.30. The van der Waals surface area contributed by atoms with Gasteiger partial charge in [0.25, 0.3) is 5.91 Å². The second-order valence-corrected chi connectivity index (χ2v) is 11.6. The van der Waals surface area contributed by atoms with Crippen molar-refractivity contribution >= 4 is 44.8 Å². The number of hydrogen-bond acceptors (Lipinski definition) is 6. The van der Waals surface area contributed by atoms with E-state index in [2.05, 4.69) is 28.9 Å². The molecule has 224 valence electrons. The highest BCUT2D eigenvalue weighted by Crippen LogP contribution is 2.31. The molecule has 0 spiro atoms. The van der Waals surface area contributed by atoms with Crippen LogP contribution in [0.5, 0.6) is 5.75 Å². The minimum absolute atomic E-state index is 0.174. The van der Waals surface area contributed by atoms with Crippen LogP contribution >= 0.6 is 0 Å². The fourth-order valence-corrected chi connectivity index (χ4v) is 5.81. The van der Waals surface area contributed by atoms with E-state index in [0.29, 0.717) is 28.8 Å². The molecule has 1 aliphatic heterocycles. The van der Waals surface area contributed by atoms with Gasteiger partial charge in [-0.2, -0.15) is 0 Å². The summed E-state index contributed by atoms with van der Waals surface area (Å²) in [5, 5.41) is 12.9. The van der Waals surface area contributed by atoms with Gasteiger partial charge in [0.05, 0.1) is 12.1 Å². The van der Waals surface area contributed by atoms with Crippen molar-refractivity contribution < 1.29 is 9.53 Å². The Balaban J connectivity index is 1.18. The van der Waals surface area contributed by atoms with Gasteiger partial charge < -0.3 is 20.7 Å². The van der Waals surface area contributed by atoms with E-state index in [9.17, 15) is 4.79 Å². The van der Waals surface area contributed by atoms with Crippen molar-refractivity contribution in [3.8, 4) is 17.1 Å². The van der Waals surface area contributed by atoms with Gasteiger partial charge in [-0.05, 0) is 110 Å². The number of carbonyl (C=O) groups excluding carboxylic acids is 1. The molecule has 1 aromatic heterocycles. The van der Waals surface area contributed by atoms with E-state index in [1.54, 1.807) is 0 Å². The number of nitrogens with one attached hydrogen (secondary N) is 3. The third-order valence-electron chi connectivity index (χ3n) is 8.41. The fraction of sp³-hybridized carbons (Fsp3) is 0.184. The average Bonchev–Trinajstić information content (AvgIpc) is 3.08. The molecule has 7 heteroatoms. The van der Waals surface area contributed by atoms with E-state index in [1.165, 1.54) is 0 Å². The van der Waals surface area contributed by atoms with E-state index in [4.69, 9.17) is 14.7 Å². The number of aryl methyl sites for hydroxylation is 1. The van der Waals surface area contributed by atoms with Crippen LogP contribution in [0.3, 0.4) is 0 Å². The summed E-state index contributed by atoms with van der Waals surface area (Å²) in [7, 11) is 0. The molecule has 7 rings (SSSR count). The number of aromatic nitrogens is 2. The molecule has 1 saturated heterocycles. The van der Waals surface area contributed by atoms with E-state index in [0.717, 1.165) is 76.8 Å².